The largest absolute Gasteiger partial charge is 0.352 e. The second-order valence-corrected chi connectivity index (χ2v) is 6.94. The maximum atomic E-state index is 11.9. The van der Waals surface area contributed by atoms with E-state index in [2.05, 4.69) is 5.32 Å². The summed E-state index contributed by atoms with van der Waals surface area (Å²) in [6, 6.07) is 7.07. The maximum absolute atomic E-state index is 11.9. The summed E-state index contributed by atoms with van der Waals surface area (Å²) in [5, 5.41) is 2.77. The monoisotopic (exact) mass is 332 g/mol. The molecule has 5 nitrogen and oxygen atoms in total. The molecule has 0 aliphatic rings. The number of hydrogen-bond acceptors (Lipinski definition) is 3. The minimum absolute atomic E-state index is 0.168. The van der Waals surface area contributed by atoms with Gasteiger partial charge in [0.05, 0.1) is 6.26 Å². The van der Waals surface area contributed by atoms with Crippen molar-refractivity contribution in [1.82, 2.24) is 9.62 Å². The van der Waals surface area contributed by atoms with Crippen LogP contribution in [-0.2, 0) is 15.9 Å². The highest BCUT2D eigenvalue weighted by atomic mass is 35.5. The molecule has 1 aromatic carbocycles. The van der Waals surface area contributed by atoms with Gasteiger partial charge in [-0.25, -0.2) is 12.7 Å². The molecule has 0 heterocycles. The molecule has 0 saturated carbocycles. The molecular weight excluding hydrogens is 312 g/mol. The summed E-state index contributed by atoms with van der Waals surface area (Å²) in [5.41, 5.74) is 1.53. The van der Waals surface area contributed by atoms with Crippen LogP contribution < -0.4 is 5.32 Å². The van der Waals surface area contributed by atoms with Crippen molar-refractivity contribution in [2.24, 2.45) is 0 Å². The van der Waals surface area contributed by atoms with Crippen LogP contribution in [-0.4, -0.2) is 44.5 Å². The molecule has 1 aromatic rings. The third-order valence-corrected chi connectivity index (χ3v) is 4.75. The van der Waals surface area contributed by atoms with Crippen LogP contribution in [0.3, 0.4) is 0 Å². The fourth-order valence-electron chi connectivity index (χ4n) is 1.86. The van der Waals surface area contributed by atoms with Crippen molar-refractivity contribution < 1.29 is 13.2 Å². The summed E-state index contributed by atoms with van der Waals surface area (Å²) in [5.74, 6) is 0.249. The quantitative estimate of drug-likeness (QED) is 0.583. The van der Waals surface area contributed by atoms with E-state index in [1.54, 1.807) is 19.1 Å². The van der Waals surface area contributed by atoms with Crippen molar-refractivity contribution in [3.8, 4) is 0 Å². The minimum atomic E-state index is -3.17. The van der Waals surface area contributed by atoms with E-state index in [9.17, 15) is 13.2 Å². The molecule has 1 amide bonds. The lowest BCUT2D eigenvalue weighted by Crippen LogP contribution is -2.33. The summed E-state index contributed by atoms with van der Waals surface area (Å²) in [4.78, 5) is 11.9. The summed E-state index contributed by atoms with van der Waals surface area (Å²) in [6.45, 7) is 3.06. The van der Waals surface area contributed by atoms with Gasteiger partial charge in [0, 0.05) is 31.1 Å². The zero-order valence-electron chi connectivity index (χ0n) is 12.3. The molecule has 0 aliphatic carbocycles. The average Bonchev–Trinajstić information content (AvgIpc) is 2.45. The van der Waals surface area contributed by atoms with Gasteiger partial charge in [-0.15, -0.1) is 11.6 Å². The molecule has 7 heteroatoms. The lowest BCUT2D eigenvalue weighted by atomic mass is 10.1. The van der Waals surface area contributed by atoms with Gasteiger partial charge in [0.2, 0.25) is 10.0 Å². The van der Waals surface area contributed by atoms with E-state index in [1.807, 2.05) is 12.1 Å². The SMILES string of the molecule is CCN(CCCNC(=O)c1ccc(CCl)cc1)S(C)(=O)=O. The van der Waals surface area contributed by atoms with Crippen molar-refractivity contribution in [3.63, 3.8) is 0 Å². The van der Waals surface area contributed by atoms with Gasteiger partial charge in [-0.1, -0.05) is 19.1 Å². The summed E-state index contributed by atoms with van der Waals surface area (Å²) >= 11 is 5.69. The highest BCUT2D eigenvalue weighted by Gasteiger charge is 2.13. The predicted molar refractivity (Wildman–Crippen MR) is 85.0 cm³/mol. The zero-order valence-corrected chi connectivity index (χ0v) is 13.9. The second kappa shape index (κ2) is 8.36. The number of amides is 1. The van der Waals surface area contributed by atoms with Crippen LogP contribution in [0.2, 0.25) is 0 Å². The normalized spacial score (nSPS) is 11.6. The topological polar surface area (TPSA) is 66.5 Å². The molecule has 0 fully saturated rings. The molecule has 0 aromatic heterocycles. The van der Waals surface area contributed by atoms with Gasteiger partial charge in [0.25, 0.3) is 5.91 Å². The molecule has 0 aliphatic heterocycles. The van der Waals surface area contributed by atoms with Crippen molar-refractivity contribution >= 4 is 27.5 Å². The number of halogens is 1. The Labute approximate surface area is 131 Å². The Hall–Kier alpha value is -1.11. The first-order valence-electron chi connectivity index (χ1n) is 6.76. The molecule has 0 atom stereocenters. The third kappa shape index (κ3) is 6.03. The molecule has 0 bridgehead atoms. The number of carbonyl (C=O) groups is 1. The van der Waals surface area contributed by atoms with E-state index >= 15 is 0 Å². The van der Waals surface area contributed by atoms with Gasteiger partial charge in [-0.2, -0.15) is 0 Å². The highest BCUT2D eigenvalue weighted by Crippen LogP contribution is 2.06. The Morgan fingerprint density at radius 3 is 2.38 bits per heavy atom. The van der Waals surface area contributed by atoms with E-state index in [0.717, 1.165) is 5.56 Å². The molecule has 1 rings (SSSR count). The zero-order chi connectivity index (χ0) is 15.9. The minimum Gasteiger partial charge on any atom is -0.352 e. The van der Waals surface area contributed by atoms with E-state index in [1.165, 1.54) is 10.6 Å². The van der Waals surface area contributed by atoms with Crippen molar-refractivity contribution in [1.29, 1.82) is 0 Å². The molecule has 0 spiro atoms. The van der Waals surface area contributed by atoms with Crippen LogP contribution in [0.25, 0.3) is 0 Å². The summed E-state index contributed by atoms with van der Waals surface area (Å²) in [6.07, 6.45) is 1.76. The molecule has 1 N–H and O–H groups in total. The molecule has 0 saturated heterocycles. The number of alkyl halides is 1. The highest BCUT2D eigenvalue weighted by molar-refractivity contribution is 7.88. The summed E-state index contributed by atoms with van der Waals surface area (Å²) in [7, 11) is -3.17. The van der Waals surface area contributed by atoms with Gasteiger partial charge in [0.15, 0.2) is 0 Å². The van der Waals surface area contributed by atoms with Crippen LogP contribution in [0.15, 0.2) is 24.3 Å². The van der Waals surface area contributed by atoms with Crippen LogP contribution >= 0.6 is 11.6 Å². The molecule has 118 valence electrons. The Morgan fingerprint density at radius 2 is 1.90 bits per heavy atom. The van der Waals surface area contributed by atoms with Gasteiger partial charge in [-0.05, 0) is 24.1 Å². The van der Waals surface area contributed by atoms with Gasteiger partial charge >= 0.3 is 0 Å². The van der Waals surface area contributed by atoms with Gasteiger partial charge < -0.3 is 5.32 Å². The predicted octanol–water partition coefficient (Wildman–Crippen LogP) is 1.83. The van der Waals surface area contributed by atoms with E-state index in [-0.39, 0.29) is 5.91 Å². The van der Waals surface area contributed by atoms with Crippen LogP contribution in [0.1, 0.15) is 29.3 Å². The Morgan fingerprint density at radius 1 is 1.29 bits per heavy atom. The van der Waals surface area contributed by atoms with Crippen LogP contribution in [0.5, 0.6) is 0 Å². The Bertz CT molecular complexity index is 558. The second-order valence-electron chi connectivity index (χ2n) is 4.69. The smallest absolute Gasteiger partial charge is 0.251 e. The fraction of sp³-hybridized carbons (Fsp3) is 0.500. The van der Waals surface area contributed by atoms with E-state index in [4.69, 9.17) is 11.6 Å². The molecule has 0 radical (unpaired) electrons. The van der Waals surface area contributed by atoms with Crippen molar-refractivity contribution in [2.45, 2.75) is 19.2 Å². The molecule has 21 heavy (non-hydrogen) atoms. The first-order valence-corrected chi connectivity index (χ1v) is 9.15. The van der Waals surface area contributed by atoms with Gasteiger partial charge in [-0.3, -0.25) is 4.79 Å². The molecular formula is C14H21ClN2O3S. The van der Waals surface area contributed by atoms with Crippen LogP contribution in [0, 0.1) is 0 Å². The number of carbonyl (C=O) groups excluding carboxylic acids is 1. The fourth-order valence-corrected chi connectivity index (χ4v) is 2.97. The Balaban J connectivity index is 2.39. The summed E-state index contributed by atoms with van der Waals surface area (Å²) < 4.78 is 24.2. The Kier molecular flexibility index (Phi) is 7.14. The number of hydrogen-bond donors (Lipinski definition) is 1. The maximum Gasteiger partial charge on any atom is 0.251 e. The van der Waals surface area contributed by atoms with E-state index in [0.29, 0.717) is 37.5 Å². The number of sulfonamides is 1. The first kappa shape index (κ1) is 17.9. The standard InChI is InChI=1S/C14H21ClN2O3S/c1-3-17(21(2,19)20)10-4-9-16-14(18)13-7-5-12(11-15)6-8-13/h5-8H,3-4,9-11H2,1-2H3,(H,16,18). The number of benzene rings is 1. The lowest BCUT2D eigenvalue weighted by Gasteiger charge is -2.17. The number of nitrogens with zero attached hydrogens (tertiary/aromatic N) is 1. The van der Waals surface area contributed by atoms with Gasteiger partial charge in [0.1, 0.15) is 0 Å². The number of nitrogens with one attached hydrogen (secondary N) is 1. The first-order chi connectivity index (χ1) is 9.88. The van der Waals surface area contributed by atoms with Crippen LogP contribution in [0.4, 0.5) is 0 Å². The van der Waals surface area contributed by atoms with E-state index < -0.39 is 10.0 Å². The lowest BCUT2D eigenvalue weighted by molar-refractivity contribution is 0.0953. The van der Waals surface area contributed by atoms with Crippen molar-refractivity contribution in [3.05, 3.63) is 35.4 Å². The average molecular weight is 333 g/mol. The number of rotatable bonds is 8. The third-order valence-electron chi connectivity index (χ3n) is 3.06. The van der Waals surface area contributed by atoms with Crippen molar-refractivity contribution in [2.75, 3.05) is 25.9 Å². The molecule has 0 unspecified atom stereocenters.